The van der Waals surface area contributed by atoms with Gasteiger partial charge in [-0.3, -0.25) is 4.79 Å². The maximum atomic E-state index is 11.7. The molecule has 1 aromatic rings. The van der Waals surface area contributed by atoms with Crippen LogP contribution in [0.4, 0.5) is 0 Å². The van der Waals surface area contributed by atoms with Crippen molar-refractivity contribution in [3.8, 4) is 0 Å². The molecule has 0 heterocycles. The summed E-state index contributed by atoms with van der Waals surface area (Å²) in [5.41, 5.74) is 1.21. The van der Waals surface area contributed by atoms with Crippen LogP contribution >= 0.6 is 0 Å². The van der Waals surface area contributed by atoms with Gasteiger partial charge in [-0.05, 0) is 24.8 Å². The van der Waals surface area contributed by atoms with E-state index >= 15 is 0 Å². The van der Waals surface area contributed by atoms with Crippen LogP contribution in [0.1, 0.15) is 37.7 Å². The van der Waals surface area contributed by atoms with Crippen LogP contribution in [0, 0.1) is 5.92 Å². The van der Waals surface area contributed by atoms with Crippen molar-refractivity contribution < 1.29 is 4.79 Å². The second-order valence-electron chi connectivity index (χ2n) is 4.87. The van der Waals surface area contributed by atoms with Gasteiger partial charge in [-0.25, -0.2) is 0 Å². The van der Waals surface area contributed by atoms with E-state index in [1.807, 2.05) is 18.2 Å². The molecule has 1 N–H and O–H groups in total. The molecule has 0 atom stereocenters. The molecule has 1 fully saturated rings. The number of hydrogen-bond donors (Lipinski definition) is 1. The summed E-state index contributed by atoms with van der Waals surface area (Å²) in [5.74, 6) is 0.531. The van der Waals surface area contributed by atoms with Crippen LogP contribution in [0.5, 0.6) is 0 Å². The molecule has 0 saturated heterocycles. The van der Waals surface area contributed by atoms with Crippen LogP contribution in [-0.4, -0.2) is 12.5 Å². The molecule has 0 aromatic heterocycles. The topological polar surface area (TPSA) is 29.1 Å². The lowest BCUT2D eigenvalue weighted by Crippen LogP contribution is -2.29. The maximum Gasteiger partial charge on any atom is 0.223 e. The third kappa shape index (κ3) is 4.02. The Bertz CT molecular complexity index is 391. The van der Waals surface area contributed by atoms with Crippen LogP contribution in [0.2, 0.25) is 0 Å². The molecule has 96 valence electrons. The first-order valence-electron chi connectivity index (χ1n) is 6.85. The molecule has 1 aliphatic rings. The molecule has 0 radical (unpaired) electrons. The zero-order valence-corrected chi connectivity index (χ0v) is 10.8. The van der Waals surface area contributed by atoms with Gasteiger partial charge >= 0.3 is 0 Å². The zero-order valence-electron chi connectivity index (χ0n) is 10.8. The van der Waals surface area contributed by atoms with Crippen LogP contribution in [0.3, 0.4) is 0 Å². The summed E-state index contributed by atoms with van der Waals surface area (Å²) in [6.07, 6.45) is 9.69. The molecule has 18 heavy (non-hydrogen) atoms. The van der Waals surface area contributed by atoms with Crippen molar-refractivity contribution in [2.24, 2.45) is 5.92 Å². The highest BCUT2D eigenvalue weighted by atomic mass is 16.1. The molecule has 2 rings (SSSR count). The van der Waals surface area contributed by atoms with E-state index in [1.165, 1.54) is 18.4 Å². The molecule has 2 nitrogen and oxygen atoms in total. The Kier molecular flexibility index (Phi) is 5.00. The van der Waals surface area contributed by atoms with E-state index in [9.17, 15) is 4.79 Å². The molecular formula is C16H21NO. The normalized spacial score (nSPS) is 16.2. The van der Waals surface area contributed by atoms with Gasteiger partial charge in [0, 0.05) is 12.5 Å². The number of carbonyl (C=O) groups is 1. The van der Waals surface area contributed by atoms with E-state index in [2.05, 4.69) is 29.6 Å². The van der Waals surface area contributed by atoms with Gasteiger partial charge in [-0.15, -0.1) is 0 Å². The maximum absolute atomic E-state index is 11.7. The van der Waals surface area contributed by atoms with Crippen LogP contribution in [-0.2, 0) is 4.79 Å². The number of benzene rings is 1. The Hall–Kier alpha value is -1.57. The fourth-order valence-electron chi connectivity index (χ4n) is 2.39. The second kappa shape index (κ2) is 7.00. The van der Waals surface area contributed by atoms with Crippen LogP contribution in [0.25, 0.3) is 6.08 Å². The summed E-state index contributed by atoms with van der Waals surface area (Å²) in [6.45, 7) is 0.749. The largest absolute Gasteiger partial charge is 0.356 e. The summed E-state index contributed by atoms with van der Waals surface area (Å²) < 4.78 is 0. The number of nitrogens with one attached hydrogen (secondary N) is 1. The summed E-state index contributed by atoms with van der Waals surface area (Å²) in [5, 5.41) is 3.02. The Morgan fingerprint density at radius 2 is 1.94 bits per heavy atom. The summed E-state index contributed by atoms with van der Waals surface area (Å²) in [6, 6.07) is 10.2. The minimum Gasteiger partial charge on any atom is -0.356 e. The zero-order chi connectivity index (χ0) is 12.6. The van der Waals surface area contributed by atoms with Gasteiger partial charge in [-0.2, -0.15) is 0 Å². The Morgan fingerprint density at radius 1 is 1.22 bits per heavy atom. The lowest BCUT2D eigenvalue weighted by atomic mass is 10.1. The minimum absolute atomic E-state index is 0.251. The average molecular weight is 243 g/mol. The number of hydrogen-bond acceptors (Lipinski definition) is 1. The van der Waals surface area contributed by atoms with E-state index in [0.717, 1.165) is 25.8 Å². The Labute approximate surface area is 109 Å². The Balaban J connectivity index is 1.64. The van der Waals surface area contributed by atoms with Gasteiger partial charge in [0.15, 0.2) is 0 Å². The van der Waals surface area contributed by atoms with Crippen molar-refractivity contribution in [1.82, 2.24) is 5.32 Å². The highest BCUT2D eigenvalue weighted by Crippen LogP contribution is 2.24. The van der Waals surface area contributed by atoms with Crippen molar-refractivity contribution in [1.29, 1.82) is 0 Å². The fraction of sp³-hybridized carbons (Fsp3) is 0.438. The van der Waals surface area contributed by atoms with Gasteiger partial charge in [0.25, 0.3) is 0 Å². The first kappa shape index (κ1) is 12.9. The molecule has 1 aromatic carbocycles. The number of rotatable bonds is 5. The first-order valence-corrected chi connectivity index (χ1v) is 6.85. The van der Waals surface area contributed by atoms with Crippen molar-refractivity contribution in [2.45, 2.75) is 32.1 Å². The quantitative estimate of drug-likeness (QED) is 0.789. The molecule has 0 bridgehead atoms. The monoisotopic (exact) mass is 243 g/mol. The summed E-state index contributed by atoms with van der Waals surface area (Å²) in [7, 11) is 0. The fourth-order valence-corrected chi connectivity index (χ4v) is 2.39. The Morgan fingerprint density at radius 3 is 2.67 bits per heavy atom. The van der Waals surface area contributed by atoms with E-state index in [4.69, 9.17) is 0 Å². The number of amides is 1. The van der Waals surface area contributed by atoms with Gasteiger partial charge in [0.05, 0.1) is 0 Å². The van der Waals surface area contributed by atoms with Crippen LogP contribution in [0.15, 0.2) is 36.4 Å². The van der Waals surface area contributed by atoms with Gasteiger partial charge in [0.1, 0.15) is 0 Å². The summed E-state index contributed by atoms with van der Waals surface area (Å²) in [4.78, 5) is 11.7. The van der Waals surface area contributed by atoms with Gasteiger partial charge in [-0.1, -0.05) is 55.3 Å². The highest BCUT2D eigenvalue weighted by molar-refractivity contribution is 5.78. The smallest absolute Gasteiger partial charge is 0.223 e. The first-order chi connectivity index (χ1) is 8.86. The summed E-state index contributed by atoms with van der Waals surface area (Å²) >= 11 is 0. The van der Waals surface area contributed by atoms with E-state index in [1.54, 1.807) is 0 Å². The van der Waals surface area contributed by atoms with E-state index in [-0.39, 0.29) is 11.8 Å². The molecule has 0 aliphatic heterocycles. The predicted molar refractivity (Wildman–Crippen MR) is 75.1 cm³/mol. The predicted octanol–water partition coefficient (Wildman–Crippen LogP) is 3.40. The highest BCUT2D eigenvalue weighted by Gasteiger charge is 2.21. The lowest BCUT2D eigenvalue weighted by Gasteiger charge is -2.08. The molecule has 0 unspecified atom stereocenters. The standard InChI is InChI=1S/C16H21NO/c18-16(15-11-4-5-12-15)17-13-7-6-10-14-8-2-1-3-9-14/h1-3,6,8-10,15H,4-5,7,11-13H2,(H,17,18)/b10-6+. The van der Waals surface area contributed by atoms with Crippen molar-refractivity contribution in [3.63, 3.8) is 0 Å². The number of carbonyl (C=O) groups excluding carboxylic acids is 1. The molecule has 1 saturated carbocycles. The minimum atomic E-state index is 0.251. The lowest BCUT2D eigenvalue weighted by molar-refractivity contribution is -0.124. The van der Waals surface area contributed by atoms with E-state index in [0.29, 0.717) is 0 Å². The van der Waals surface area contributed by atoms with Gasteiger partial charge in [0.2, 0.25) is 5.91 Å². The molecular weight excluding hydrogens is 222 g/mol. The van der Waals surface area contributed by atoms with E-state index < -0.39 is 0 Å². The molecule has 1 amide bonds. The molecule has 1 aliphatic carbocycles. The third-order valence-corrected chi connectivity index (χ3v) is 3.45. The molecule has 2 heteroatoms. The van der Waals surface area contributed by atoms with Crippen molar-refractivity contribution in [2.75, 3.05) is 6.54 Å². The molecule has 0 spiro atoms. The van der Waals surface area contributed by atoms with Gasteiger partial charge < -0.3 is 5.32 Å². The van der Waals surface area contributed by atoms with Crippen LogP contribution < -0.4 is 5.32 Å². The SMILES string of the molecule is O=C(NCC/C=C/c1ccccc1)C1CCCC1. The average Bonchev–Trinajstić information content (AvgIpc) is 2.93. The van der Waals surface area contributed by atoms with Crippen molar-refractivity contribution >= 4 is 12.0 Å². The third-order valence-electron chi connectivity index (χ3n) is 3.45. The van der Waals surface area contributed by atoms with Crippen molar-refractivity contribution in [3.05, 3.63) is 42.0 Å². The second-order valence-corrected chi connectivity index (χ2v) is 4.87.